The maximum Gasteiger partial charge on any atom is 0.338 e. The van der Waals surface area contributed by atoms with Crippen LogP contribution in [0.3, 0.4) is 0 Å². The zero-order valence-corrected chi connectivity index (χ0v) is 18.9. The Morgan fingerprint density at radius 3 is 2.68 bits per heavy atom. The van der Waals surface area contributed by atoms with Gasteiger partial charge in [0.05, 0.1) is 25.7 Å². The number of benzene rings is 2. The van der Waals surface area contributed by atoms with E-state index < -0.39 is 11.9 Å². The highest BCUT2D eigenvalue weighted by Crippen LogP contribution is 2.40. The molecule has 2 N–H and O–H groups in total. The van der Waals surface area contributed by atoms with Crippen LogP contribution in [-0.2, 0) is 20.9 Å². The van der Waals surface area contributed by atoms with Crippen LogP contribution in [-0.4, -0.2) is 20.2 Å². The Hall–Kier alpha value is -3.44. The second kappa shape index (κ2) is 9.58. The summed E-state index contributed by atoms with van der Waals surface area (Å²) in [5.74, 6) is 0.214. The Balaban J connectivity index is 2.04. The lowest BCUT2D eigenvalue weighted by Crippen LogP contribution is -2.25. The molecular formula is C23H21BrN2O5. The summed E-state index contributed by atoms with van der Waals surface area (Å²) in [5.41, 5.74) is 7.71. The maximum atomic E-state index is 12.5. The Kier molecular flexibility index (Phi) is 6.88. The molecule has 0 spiro atoms. The van der Waals surface area contributed by atoms with E-state index in [1.807, 2.05) is 30.3 Å². The maximum absolute atomic E-state index is 12.5. The third kappa shape index (κ3) is 4.67. The van der Waals surface area contributed by atoms with Gasteiger partial charge in [0.1, 0.15) is 35.5 Å². The quantitative estimate of drug-likeness (QED) is 0.609. The molecular weight excluding hydrogens is 464 g/mol. The molecule has 1 heterocycles. The highest BCUT2D eigenvalue weighted by Gasteiger charge is 2.36. The van der Waals surface area contributed by atoms with Gasteiger partial charge in [-0.25, -0.2) is 4.79 Å². The number of nitrogens with two attached hydrogens (primary N) is 1. The highest BCUT2D eigenvalue weighted by molar-refractivity contribution is 9.10. The summed E-state index contributed by atoms with van der Waals surface area (Å²) in [6.07, 6.45) is 0. The summed E-state index contributed by atoms with van der Waals surface area (Å²) < 4.78 is 22.6. The minimum atomic E-state index is -0.735. The molecule has 2 aromatic carbocycles. The molecule has 160 valence electrons. The van der Waals surface area contributed by atoms with Crippen LogP contribution in [0.1, 0.15) is 24.0 Å². The first-order chi connectivity index (χ1) is 14.9. The fourth-order valence-corrected chi connectivity index (χ4v) is 3.78. The molecule has 3 rings (SSSR count). The van der Waals surface area contributed by atoms with E-state index in [1.165, 1.54) is 7.11 Å². The van der Waals surface area contributed by atoms with Crippen LogP contribution in [0.4, 0.5) is 0 Å². The van der Waals surface area contributed by atoms with Crippen molar-refractivity contribution in [1.82, 2.24) is 0 Å². The Morgan fingerprint density at radius 2 is 2.03 bits per heavy atom. The number of methoxy groups -OCH3 is 2. The summed E-state index contributed by atoms with van der Waals surface area (Å²) in [6, 6.07) is 14.9. The van der Waals surface area contributed by atoms with Crippen molar-refractivity contribution >= 4 is 21.9 Å². The van der Waals surface area contributed by atoms with Gasteiger partial charge >= 0.3 is 5.97 Å². The molecule has 1 atom stereocenters. The number of nitriles is 1. The number of hydrogen-bond donors (Lipinski definition) is 1. The zero-order chi connectivity index (χ0) is 22.5. The van der Waals surface area contributed by atoms with Crippen molar-refractivity contribution in [3.63, 3.8) is 0 Å². The smallest absolute Gasteiger partial charge is 0.338 e. The number of nitrogens with zero attached hydrogens (tertiary/aromatic N) is 1. The molecule has 2 aromatic rings. The van der Waals surface area contributed by atoms with Crippen molar-refractivity contribution in [3.8, 4) is 17.6 Å². The topological polar surface area (TPSA) is 104 Å². The van der Waals surface area contributed by atoms with Crippen LogP contribution in [0.5, 0.6) is 11.5 Å². The number of carbonyl (C=O) groups is 1. The lowest BCUT2D eigenvalue weighted by molar-refractivity contribution is -0.136. The van der Waals surface area contributed by atoms with Crippen LogP contribution < -0.4 is 15.2 Å². The average Bonchev–Trinajstić information content (AvgIpc) is 2.76. The van der Waals surface area contributed by atoms with E-state index in [1.54, 1.807) is 26.2 Å². The molecule has 0 saturated carbocycles. The van der Waals surface area contributed by atoms with Crippen molar-refractivity contribution in [3.05, 3.63) is 80.9 Å². The molecule has 1 aliphatic rings. The second-order valence-corrected chi connectivity index (χ2v) is 7.62. The van der Waals surface area contributed by atoms with Crippen molar-refractivity contribution in [2.75, 3.05) is 14.2 Å². The van der Waals surface area contributed by atoms with Crippen molar-refractivity contribution in [1.29, 1.82) is 5.26 Å². The highest BCUT2D eigenvalue weighted by atomic mass is 79.9. The molecule has 0 radical (unpaired) electrons. The molecule has 0 amide bonds. The number of ether oxygens (including phenoxy) is 4. The molecule has 0 aliphatic carbocycles. The first kappa shape index (κ1) is 22.2. The van der Waals surface area contributed by atoms with Crippen LogP contribution in [0.2, 0.25) is 0 Å². The molecule has 8 heteroatoms. The third-order valence-electron chi connectivity index (χ3n) is 4.84. The fraction of sp³-hybridized carbons (Fsp3) is 0.217. The number of allylic oxidation sites excluding steroid dienone is 2. The van der Waals surface area contributed by atoms with Crippen LogP contribution >= 0.6 is 15.9 Å². The van der Waals surface area contributed by atoms with Gasteiger partial charge in [-0.3, -0.25) is 0 Å². The van der Waals surface area contributed by atoms with Crippen molar-refractivity contribution in [2.45, 2.75) is 19.4 Å². The third-order valence-corrected chi connectivity index (χ3v) is 5.33. The van der Waals surface area contributed by atoms with Crippen LogP contribution in [0.25, 0.3) is 0 Å². The van der Waals surface area contributed by atoms with E-state index in [0.29, 0.717) is 17.1 Å². The minimum Gasteiger partial charge on any atom is -0.496 e. The SMILES string of the molecule is COC(=O)C1=C(C)OC(N)=C(C#N)C1c1ccc(OC)c(COc2cccc(Br)c2)c1. The number of hydrogen-bond acceptors (Lipinski definition) is 7. The fourth-order valence-electron chi connectivity index (χ4n) is 3.40. The lowest BCUT2D eigenvalue weighted by atomic mass is 9.82. The Bertz CT molecular complexity index is 1120. The molecule has 0 bridgehead atoms. The number of carbonyl (C=O) groups excluding carboxylic acids is 1. The van der Waals surface area contributed by atoms with E-state index in [9.17, 15) is 10.1 Å². The Morgan fingerprint density at radius 1 is 1.26 bits per heavy atom. The van der Waals surface area contributed by atoms with E-state index >= 15 is 0 Å². The monoisotopic (exact) mass is 484 g/mol. The van der Waals surface area contributed by atoms with Gasteiger partial charge < -0.3 is 24.7 Å². The van der Waals surface area contributed by atoms with Gasteiger partial charge in [-0.15, -0.1) is 0 Å². The normalized spacial score (nSPS) is 15.8. The lowest BCUT2D eigenvalue weighted by Gasteiger charge is -2.27. The molecule has 0 aromatic heterocycles. The summed E-state index contributed by atoms with van der Waals surface area (Å²) in [4.78, 5) is 12.5. The summed E-state index contributed by atoms with van der Waals surface area (Å²) in [5, 5.41) is 9.70. The molecule has 7 nitrogen and oxygen atoms in total. The summed E-state index contributed by atoms with van der Waals surface area (Å²) in [7, 11) is 2.84. The van der Waals surface area contributed by atoms with Gasteiger partial charge in [0.25, 0.3) is 0 Å². The first-order valence-corrected chi connectivity index (χ1v) is 10.1. The molecule has 0 fully saturated rings. The van der Waals surface area contributed by atoms with Crippen LogP contribution in [0.15, 0.2) is 69.7 Å². The van der Waals surface area contributed by atoms with E-state index in [-0.39, 0.29) is 29.4 Å². The Labute approximate surface area is 188 Å². The first-order valence-electron chi connectivity index (χ1n) is 9.31. The minimum absolute atomic E-state index is 0.0413. The van der Waals surface area contributed by atoms with E-state index in [0.717, 1.165) is 10.0 Å². The van der Waals surface area contributed by atoms with Gasteiger partial charge in [-0.2, -0.15) is 5.26 Å². The van der Waals surface area contributed by atoms with Gasteiger partial charge in [-0.1, -0.05) is 28.1 Å². The van der Waals surface area contributed by atoms with Crippen LogP contribution in [0, 0.1) is 11.3 Å². The van der Waals surface area contributed by atoms with Gasteiger partial charge in [-0.05, 0) is 42.8 Å². The molecule has 31 heavy (non-hydrogen) atoms. The average molecular weight is 485 g/mol. The molecule has 1 unspecified atom stereocenters. The number of halogens is 1. The molecule has 1 aliphatic heterocycles. The predicted octanol–water partition coefficient (Wildman–Crippen LogP) is 4.29. The molecule has 0 saturated heterocycles. The summed E-state index contributed by atoms with van der Waals surface area (Å²) in [6.45, 7) is 1.83. The zero-order valence-electron chi connectivity index (χ0n) is 17.3. The van der Waals surface area contributed by atoms with Gasteiger partial charge in [0.15, 0.2) is 0 Å². The largest absolute Gasteiger partial charge is 0.496 e. The summed E-state index contributed by atoms with van der Waals surface area (Å²) >= 11 is 3.42. The predicted molar refractivity (Wildman–Crippen MR) is 117 cm³/mol. The standard InChI is InChI=1S/C23H21BrN2O5/c1-13-20(23(27)29-3)21(18(11-25)22(26)31-13)14-7-8-19(28-2)15(9-14)12-30-17-6-4-5-16(24)10-17/h4-10,21H,12,26H2,1-3H3. The van der Waals surface area contributed by atoms with Crippen molar-refractivity contribution in [2.24, 2.45) is 5.73 Å². The number of esters is 1. The van der Waals surface area contributed by atoms with Crippen molar-refractivity contribution < 1.29 is 23.7 Å². The second-order valence-electron chi connectivity index (χ2n) is 6.70. The van der Waals surface area contributed by atoms with Gasteiger partial charge in [0, 0.05) is 10.0 Å². The van der Waals surface area contributed by atoms with E-state index in [4.69, 9.17) is 24.7 Å². The van der Waals surface area contributed by atoms with Gasteiger partial charge in [0.2, 0.25) is 5.88 Å². The van der Waals surface area contributed by atoms with E-state index in [2.05, 4.69) is 22.0 Å². The number of rotatable bonds is 6.